The summed E-state index contributed by atoms with van der Waals surface area (Å²) in [6, 6.07) is 7.97. The molecule has 0 aliphatic carbocycles. The predicted octanol–water partition coefficient (Wildman–Crippen LogP) is 3.58. The molecule has 0 saturated heterocycles. The molecule has 0 bridgehead atoms. The van der Waals surface area contributed by atoms with Gasteiger partial charge in [-0.05, 0) is 37.3 Å². The van der Waals surface area contributed by atoms with Gasteiger partial charge in [-0.1, -0.05) is 18.7 Å². The van der Waals surface area contributed by atoms with Gasteiger partial charge in [0.05, 0.1) is 12.9 Å². The topological polar surface area (TPSA) is 27.7 Å². The van der Waals surface area contributed by atoms with Crippen LogP contribution in [0.3, 0.4) is 0 Å². The van der Waals surface area contributed by atoms with Crippen LogP contribution >= 0.6 is 0 Å². The summed E-state index contributed by atoms with van der Waals surface area (Å²) in [4.78, 5) is 0. The number of rotatable bonds is 8. The van der Waals surface area contributed by atoms with Gasteiger partial charge in [-0.2, -0.15) is 0 Å². The van der Waals surface area contributed by atoms with Crippen molar-refractivity contribution in [3.05, 3.63) is 42.7 Å². The third-order valence-corrected chi connectivity index (χ3v) is 3.19. The number of ether oxygens (including phenoxy) is 2. The van der Waals surface area contributed by atoms with E-state index in [1.807, 2.05) is 24.3 Å². The Morgan fingerprint density at radius 1 is 1.11 bits per heavy atom. The van der Waals surface area contributed by atoms with E-state index in [1.165, 1.54) is 11.8 Å². The molecule has 1 aromatic carbocycles. The normalized spacial score (nSPS) is 11.1. The van der Waals surface area contributed by atoms with Crippen LogP contribution in [0.2, 0.25) is 19.6 Å². The first-order valence-corrected chi connectivity index (χ1v) is 9.50. The quantitative estimate of drug-likeness (QED) is 0.409. The first kappa shape index (κ1) is 14.8. The van der Waals surface area contributed by atoms with Gasteiger partial charge in [-0.3, -0.25) is 0 Å². The second-order valence-electron chi connectivity index (χ2n) is 4.93. The lowest BCUT2D eigenvalue weighted by Gasteiger charge is -2.17. The molecule has 0 radical (unpaired) electrons. The molecule has 0 aromatic heterocycles. The lowest BCUT2D eigenvalue weighted by Crippen LogP contribution is -2.24. The van der Waals surface area contributed by atoms with Gasteiger partial charge in [0.2, 0.25) is 0 Å². The number of hydrogen-bond donors (Lipinski definition) is 0. The third kappa shape index (κ3) is 6.47. The van der Waals surface area contributed by atoms with Crippen molar-refractivity contribution in [1.29, 1.82) is 0 Å². The van der Waals surface area contributed by atoms with E-state index >= 15 is 0 Å². The second kappa shape index (κ2) is 7.23. The molecule has 0 N–H and O–H groups in total. The molecule has 18 heavy (non-hydrogen) atoms. The number of hydrogen-bond acceptors (Lipinski definition) is 3. The van der Waals surface area contributed by atoms with Gasteiger partial charge >= 0.3 is 0 Å². The summed E-state index contributed by atoms with van der Waals surface area (Å²) in [6.45, 7) is 11.7. The molecule has 0 fully saturated rings. The summed E-state index contributed by atoms with van der Waals surface area (Å²) in [5.74, 6) is 0.847. The van der Waals surface area contributed by atoms with Crippen molar-refractivity contribution in [2.45, 2.75) is 26.2 Å². The molecular formula is C14H22O3Si. The van der Waals surface area contributed by atoms with Crippen molar-refractivity contribution in [3.8, 4) is 5.75 Å². The van der Waals surface area contributed by atoms with Crippen LogP contribution < -0.4 is 4.74 Å². The molecule has 0 atom stereocenters. The van der Waals surface area contributed by atoms with E-state index in [1.54, 1.807) is 0 Å². The van der Waals surface area contributed by atoms with Crippen molar-refractivity contribution < 1.29 is 13.9 Å². The molecule has 0 aliphatic heterocycles. The zero-order chi connectivity index (χ0) is 13.4. The molecule has 100 valence electrons. The first-order valence-electron chi connectivity index (χ1n) is 6.09. The van der Waals surface area contributed by atoms with Crippen LogP contribution in [0.1, 0.15) is 5.56 Å². The van der Waals surface area contributed by atoms with Gasteiger partial charge in [-0.25, -0.2) is 0 Å². The number of benzene rings is 1. The van der Waals surface area contributed by atoms with Crippen molar-refractivity contribution in [2.75, 3.05) is 13.2 Å². The highest BCUT2D eigenvalue weighted by molar-refractivity contribution is 6.69. The largest absolute Gasteiger partial charge is 0.498 e. The van der Waals surface area contributed by atoms with Crippen LogP contribution in [0.15, 0.2) is 37.1 Å². The van der Waals surface area contributed by atoms with E-state index in [2.05, 4.69) is 26.2 Å². The molecule has 0 heterocycles. The molecule has 1 rings (SSSR count). The van der Waals surface area contributed by atoms with Gasteiger partial charge < -0.3 is 13.9 Å². The smallest absolute Gasteiger partial charge is 0.184 e. The molecule has 0 unspecified atom stereocenters. The van der Waals surface area contributed by atoms with Crippen molar-refractivity contribution >= 4 is 8.32 Å². The van der Waals surface area contributed by atoms with Crippen molar-refractivity contribution in [2.24, 2.45) is 0 Å². The fourth-order valence-electron chi connectivity index (χ4n) is 1.27. The van der Waals surface area contributed by atoms with Crippen LogP contribution in [0.5, 0.6) is 5.75 Å². The maximum absolute atomic E-state index is 5.84. The van der Waals surface area contributed by atoms with Gasteiger partial charge in [0.1, 0.15) is 19.0 Å². The Bertz CT molecular complexity index is 354. The van der Waals surface area contributed by atoms with Crippen LogP contribution in [-0.4, -0.2) is 21.5 Å². The van der Waals surface area contributed by atoms with Crippen molar-refractivity contribution in [1.82, 2.24) is 0 Å². The first-order chi connectivity index (χ1) is 8.51. The third-order valence-electron chi connectivity index (χ3n) is 2.18. The molecule has 0 spiro atoms. The van der Waals surface area contributed by atoms with Gasteiger partial charge in [0, 0.05) is 0 Å². The Hall–Kier alpha value is -1.26. The monoisotopic (exact) mass is 266 g/mol. The fourth-order valence-corrected chi connectivity index (χ4v) is 1.87. The Balaban J connectivity index is 2.35. The molecule has 0 amide bonds. The van der Waals surface area contributed by atoms with Gasteiger partial charge in [-0.15, -0.1) is 0 Å². The zero-order valence-corrected chi connectivity index (χ0v) is 12.4. The summed E-state index contributed by atoms with van der Waals surface area (Å²) in [7, 11) is -1.44. The minimum atomic E-state index is -1.44. The summed E-state index contributed by atoms with van der Waals surface area (Å²) in [5, 5.41) is 0. The Morgan fingerprint density at radius 2 is 1.78 bits per heavy atom. The van der Waals surface area contributed by atoms with E-state index in [0.29, 0.717) is 19.8 Å². The Labute approximate surface area is 111 Å². The molecule has 4 heteroatoms. The fraction of sp³-hybridized carbons (Fsp3) is 0.429. The molecule has 3 nitrogen and oxygen atoms in total. The predicted molar refractivity (Wildman–Crippen MR) is 76.2 cm³/mol. The Kier molecular flexibility index (Phi) is 5.95. The minimum absolute atomic E-state index is 0.518. The molecule has 0 aliphatic rings. The van der Waals surface area contributed by atoms with Crippen LogP contribution in [-0.2, 0) is 15.8 Å². The van der Waals surface area contributed by atoms with E-state index in [0.717, 1.165) is 5.75 Å². The minimum Gasteiger partial charge on any atom is -0.498 e. The maximum atomic E-state index is 5.84. The van der Waals surface area contributed by atoms with Crippen LogP contribution in [0.25, 0.3) is 0 Å². The average molecular weight is 266 g/mol. The van der Waals surface area contributed by atoms with E-state index < -0.39 is 8.32 Å². The highest BCUT2D eigenvalue weighted by Crippen LogP contribution is 2.14. The standard InChI is InChI=1S/C14H22O3Si/c1-5-15-10-11-16-14-8-6-13(7-9-14)12-17-18(2,3)4/h5-9H,1,10-12H2,2-4H3. The van der Waals surface area contributed by atoms with Crippen LogP contribution in [0, 0.1) is 0 Å². The van der Waals surface area contributed by atoms with Crippen LogP contribution in [0.4, 0.5) is 0 Å². The van der Waals surface area contributed by atoms with Gasteiger partial charge in [0.25, 0.3) is 0 Å². The second-order valence-corrected chi connectivity index (χ2v) is 9.44. The Morgan fingerprint density at radius 3 is 2.33 bits per heavy atom. The molecule has 1 aromatic rings. The average Bonchev–Trinajstić information content (AvgIpc) is 2.33. The van der Waals surface area contributed by atoms with E-state index in [9.17, 15) is 0 Å². The van der Waals surface area contributed by atoms with E-state index in [4.69, 9.17) is 13.9 Å². The van der Waals surface area contributed by atoms with E-state index in [-0.39, 0.29) is 0 Å². The molecule has 0 saturated carbocycles. The lowest BCUT2D eigenvalue weighted by molar-refractivity contribution is 0.179. The summed E-state index contributed by atoms with van der Waals surface area (Å²) < 4.78 is 16.3. The SMILES string of the molecule is C=COCCOc1ccc(CO[Si](C)(C)C)cc1. The highest BCUT2D eigenvalue weighted by Gasteiger charge is 2.13. The summed E-state index contributed by atoms with van der Waals surface area (Å²) in [6.07, 6.45) is 1.42. The highest BCUT2D eigenvalue weighted by atomic mass is 28.4. The van der Waals surface area contributed by atoms with Crippen molar-refractivity contribution in [3.63, 3.8) is 0 Å². The summed E-state index contributed by atoms with van der Waals surface area (Å²) in [5.41, 5.74) is 1.17. The van der Waals surface area contributed by atoms with Gasteiger partial charge in [0.15, 0.2) is 8.32 Å². The zero-order valence-electron chi connectivity index (χ0n) is 11.4. The maximum Gasteiger partial charge on any atom is 0.184 e. The molecular weight excluding hydrogens is 244 g/mol. The summed E-state index contributed by atoms with van der Waals surface area (Å²) >= 11 is 0. The lowest BCUT2D eigenvalue weighted by atomic mass is 10.2.